The average molecular weight is 287 g/mol. The molecule has 0 fully saturated rings. The Kier molecular flexibility index (Phi) is 4.53. The molecular weight excluding hydrogens is 272 g/mol. The Morgan fingerprint density at radius 2 is 2.06 bits per heavy atom. The van der Waals surface area contributed by atoms with Crippen molar-refractivity contribution >= 4 is 40.6 Å². The number of nitrogens with two attached hydrogens (primary N) is 1. The molecule has 0 atom stereocenters. The molecule has 18 heavy (non-hydrogen) atoms. The highest BCUT2D eigenvalue weighted by molar-refractivity contribution is 7.80. The van der Waals surface area contributed by atoms with E-state index in [2.05, 4.69) is 5.32 Å². The van der Waals surface area contributed by atoms with Crippen LogP contribution in [0, 0.1) is 0 Å². The van der Waals surface area contributed by atoms with E-state index in [1.165, 1.54) is 0 Å². The summed E-state index contributed by atoms with van der Waals surface area (Å²) in [5.74, 6) is 0. The van der Waals surface area contributed by atoms with E-state index in [0.29, 0.717) is 16.3 Å². The Labute approximate surface area is 116 Å². The molecule has 4 nitrogen and oxygen atoms in total. The Balaban J connectivity index is 2.87. The van der Waals surface area contributed by atoms with Gasteiger partial charge in [-0.05, 0) is 32.9 Å². The number of rotatable bonds is 2. The van der Waals surface area contributed by atoms with Crippen molar-refractivity contribution in [2.75, 3.05) is 5.32 Å². The molecule has 0 aliphatic heterocycles. The fourth-order valence-corrected chi connectivity index (χ4v) is 1.48. The molecule has 1 aromatic rings. The Hall–Kier alpha value is -1.33. The summed E-state index contributed by atoms with van der Waals surface area (Å²) < 4.78 is 5.12. The van der Waals surface area contributed by atoms with Gasteiger partial charge in [0.15, 0.2) is 0 Å². The lowest BCUT2D eigenvalue weighted by atomic mass is 10.2. The van der Waals surface area contributed by atoms with Gasteiger partial charge in [0.25, 0.3) is 0 Å². The zero-order chi connectivity index (χ0) is 13.9. The van der Waals surface area contributed by atoms with Crippen LogP contribution in [0.25, 0.3) is 0 Å². The molecule has 0 aliphatic rings. The van der Waals surface area contributed by atoms with Gasteiger partial charge in [0.05, 0.1) is 10.7 Å². The van der Waals surface area contributed by atoms with Crippen LogP contribution >= 0.6 is 23.8 Å². The second kappa shape index (κ2) is 5.54. The molecule has 0 spiro atoms. The van der Waals surface area contributed by atoms with Gasteiger partial charge in [-0.25, -0.2) is 4.79 Å². The second-order valence-electron chi connectivity index (χ2n) is 4.69. The summed E-state index contributed by atoms with van der Waals surface area (Å²) in [6, 6.07) is 4.91. The highest BCUT2D eigenvalue weighted by Crippen LogP contribution is 2.23. The maximum absolute atomic E-state index is 11.6. The fraction of sp³-hybridized carbons (Fsp3) is 0.333. The topological polar surface area (TPSA) is 64.3 Å². The van der Waals surface area contributed by atoms with Crippen molar-refractivity contribution in [3.05, 3.63) is 28.8 Å². The zero-order valence-corrected chi connectivity index (χ0v) is 12.0. The normalized spacial score (nSPS) is 10.9. The first-order chi connectivity index (χ1) is 8.19. The van der Waals surface area contributed by atoms with E-state index >= 15 is 0 Å². The summed E-state index contributed by atoms with van der Waals surface area (Å²) in [5.41, 5.74) is 5.98. The van der Waals surface area contributed by atoms with Crippen molar-refractivity contribution < 1.29 is 9.53 Å². The van der Waals surface area contributed by atoms with E-state index in [1.54, 1.807) is 39.0 Å². The summed E-state index contributed by atoms with van der Waals surface area (Å²) in [6.07, 6.45) is -0.579. The molecule has 0 bridgehead atoms. The van der Waals surface area contributed by atoms with Crippen LogP contribution in [-0.2, 0) is 4.74 Å². The first-order valence-electron chi connectivity index (χ1n) is 5.28. The predicted octanol–water partition coefficient (Wildman–Crippen LogP) is 3.32. The van der Waals surface area contributed by atoms with Gasteiger partial charge in [0.2, 0.25) is 0 Å². The highest BCUT2D eigenvalue weighted by Gasteiger charge is 2.17. The maximum atomic E-state index is 11.6. The fourth-order valence-electron chi connectivity index (χ4n) is 1.19. The Bertz CT molecular complexity index is 483. The largest absolute Gasteiger partial charge is 0.444 e. The summed E-state index contributed by atoms with van der Waals surface area (Å²) >= 11 is 10.8. The SMILES string of the molecule is CC(C)(C)OC(=O)Nc1cc(C(N)=S)ccc1Cl. The van der Waals surface area contributed by atoms with Gasteiger partial charge in [-0.15, -0.1) is 0 Å². The highest BCUT2D eigenvalue weighted by atomic mass is 35.5. The van der Waals surface area contributed by atoms with E-state index in [-0.39, 0.29) is 4.99 Å². The van der Waals surface area contributed by atoms with Gasteiger partial charge in [0, 0.05) is 5.56 Å². The molecule has 0 heterocycles. The van der Waals surface area contributed by atoms with E-state index < -0.39 is 11.7 Å². The quantitative estimate of drug-likeness (QED) is 0.819. The monoisotopic (exact) mass is 286 g/mol. The van der Waals surface area contributed by atoms with Crippen LogP contribution in [-0.4, -0.2) is 16.7 Å². The van der Waals surface area contributed by atoms with E-state index in [0.717, 1.165) is 0 Å². The molecule has 0 aromatic heterocycles. The summed E-state index contributed by atoms with van der Waals surface area (Å²) in [4.78, 5) is 11.8. The number of carbonyl (C=O) groups is 1. The summed E-state index contributed by atoms with van der Waals surface area (Å²) in [7, 11) is 0. The van der Waals surface area contributed by atoms with Crippen molar-refractivity contribution in [3.63, 3.8) is 0 Å². The minimum absolute atomic E-state index is 0.235. The number of hydrogen-bond donors (Lipinski definition) is 2. The van der Waals surface area contributed by atoms with Crippen molar-refractivity contribution in [3.8, 4) is 0 Å². The number of thiocarbonyl (C=S) groups is 1. The van der Waals surface area contributed by atoms with Crippen LogP contribution in [0.15, 0.2) is 18.2 Å². The molecular formula is C12H15ClN2O2S. The molecule has 0 unspecified atom stereocenters. The third-order valence-electron chi connectivity index (χ3n) is 1.89. The number of benzene rings is 1. The zero-order valence-electron chi connectivity index (χ0n) is 10.4. The van der Waals surface area contributed by atoms with E-state index in [9.17, 15) is 4.79 Å². The molecule has 98 valence electrons. The number of ether oxygens (including phenoxy) is 1. The van der Waals surface area contributed by atoms with Crippen LogP contribution in [0.5, 0.6) is 0 Å². The Morgan fingerprint density at radius 3 is 2.56 bits per heavy atom. The molecule has 0 saturated heterocycles. The van der Waals surface area contributed by atoms with Crippen molar-refractivity contribution in [2.45, 2.75) is 26.4 Å². The number of nitrogens with one attached hydrogen (secondary N) is 1. The molecule has 0 aliphatic carbocycles. The number of amides is 1. The van der Waals surface area contributed by atoms with E-state index in [4.69, 9.17) is 34.3 Å². The first-order valence-corrected chi connectivity index (χ1v) is 6.07. The predicted molar refractivity (Wildman–Crippen MR) is 77.2 cm³/mol. The van der Waals surface area contributed by atoms with Crippen LogP contribution in [0.1, 0.15) is 26.3 Å². The first kappa shape index (κ1) is 14.7. The lowest BCUT2D eigenvalue weighted by molar-refractivity contribution is 0.0636. The standard InChI is InChI=1S/C12H15ClN2O2S/c1-12(2,3)17-11(16)15-9-6-7(10(14)18)4-5-8(9)13/h4-6H,1-3H3,(H2,14,18)(H,15,16). The van der Waals surface area contributed by atoms with E-state index in [1.807, 2.05) is 0 Å². The smallest absolute Gasteiger partial charge is 0.412 e. The average Bonchev–Trinajstić information content (AvgIpc) is 2.18. The van der Waals surface area contributed by atoms with Gasteiger partial charge >= 0.3 is 6.09 Å². The van der Waals surface area contributed by atoms with Gasteiger partial charge in [-0.1, -0.05) is 29.9 Å². The number of carbonyl (C=O) groups excluding carboxylic acids is 1. The Morgan fingerprint density at radius 1 is 1.44 bits per heavy atom. The van der Waals surface area contributed by atoms with Gasteiger partial charge in [-0.2, -0.15) is 0 Å². The number of hydrogen-bond acceptors (Lipinski definition) is 3. The van der Waals surface area contributed by atoms with Crippen LogP contribution in [0.4, 0.5) is 10.5 Å². The minimum atomic E-state index is -0.579. The van der Waals surface area contributed by atoms with Crippen LogP contribution < -0.4 is 11.1 Å². The van der Waals surface area contributed by atoms with Crippen LogP contribution in [0.2, 0.25) is 5.02 Å². The maximum Gasteiger partial charge on any atom is 0.412 e. The molecule has 0 radical (unpaired) electrons. The van der Waals surface area contributed by atoms with Crippen molar-refractivity contribution in [2.24, 2.45) is 5.73 Å². The minimum Gasteiger partial charge on any atom is -0.444 e. The van der Waals surface area contributed by atoms with Gasteiger partial charge < -0.3 is 10.5 Å². The summed E-state index contributed by atoms with van der Waals surface area (Å²) in [6.45, 7) is 5.33. The molecule has 3 N–H and O–H groups in total. The summed E-state index contributed by atoms with van der Waals surface area (Å²) in [5, 5.41) is 2.94. The number of halogens is 1. The lowest BCUT2D eigenvalue weighted by Gasteiger charge is -2.20. The number of anilines is 1. The molecule has 1 aromatic carbocycles. The third-order valence-corrected chi connectivity index (χ3v) is 2.45. The third kappa shape index (κ3) is 4.50. The van der Waals surface area contributed by atoms with Gasteiger partial charge in [0.1, 0.15) is 10.6 Å². The van der Waals surface area contributed by atoms with Crippen LogP contribution in [0.3, 0.4) is 0 Å². The lowest BCUT2D eigenvalue weighted by Crippen LogP contribution is -2.27. The van der Waals surface area contributed by atoms with Crippen molar-refractivity contribution in [1.29, 1.82) is 0 Å². The van der Waals surface area contributed by atoms with Crippen molar-refractivity contribution in [1.82, 2.24) is 0 Å². The van der Waals surface area contributed by atoms with Gasteiger partial charge in [-0.3, -0.25) is 5.32 Å². The molecule has 6 heteroatoms. The molecule has 1 rings (SSSR count). The second-order valence-corrected chi connectivity index (χ2v) is 5.53. The molecule has 0 saturated carbocycles. The molecule has 1 amide bonds.